The van der Waals surface area contributed by atoms with Crippen LogP contribution in [0.5, 0.6) is 0 Å². The molecule has 0 amide bonds. The van der Waals surface area contributed by atoms with Gasteiger partial charge in [0.1, 0.15) is 0 Å². The normalized spacial score (nSPS) is 52.7. The van der Waals surface area contributed by atoms with E-state index >= 15 is 0 Å². The van der Waals surface area contributed by atoms with Gasteiger partial charge < -0.3 is 5.11 Å². The summed E-state index contributed by atoms with van der Waals surface area (Å²) in [5.41, 5.74) is 1.64. The molecule has 1 unspecified atom stereocenters. The van der Waals surface area contributed by atoms with Gasteiger partial charge in [0.15, 0.2) is 5.78 Å². The maximum atomic E-state index is 11.9. The number of ketones is 1. The minimum absolute atomic E-state index is 0.0780. The van der Waals surface area contributed by atoms with Crippen LogP contribution in [-0.4, -0.2) is 17.0 Å². The first kappa shape index (κ1) is 14.0. The second-order valence-electron chi connectivity index (χ2n) is 8.50. The summed E-state index contributed by atoms with van der Waals surface area (Å²) >= 11 is 0. The van der Waals surface area contributed by atoms with Gasteiger partial charge in [0, 0.05) is 6.42 Å². The van der Waals surface area contributed by atoms with Crippen LogP contribution >= 0.6 is 0 Å². The molecule has 0 aliphatic heterocycles. The third-order valence-corrected chi connectivity index (χ3v) is 7.58. The van der Waals surface area contributed by atoms with E-state index in [1.165, 1.54) is 31.3 Å². The predicted octanol–water partition coefficient (Wildman–Crippen LogP) is 3.74. The van der Waals surface area contributed by atoms with E-state index in [2.05, 4.69) is 13.8 Å². The van der Waals surface area contributed by atoms with E-state index in [9.17, 15) is 9.90 Å². The van der Waals surface area contributed by atoms with E-state index in [1.54, 1.807) is 0 Å². The molecule has 0 radical (unpaired) electrons. The average Bonchev–Trinajstić information content (AvgIpc) is 2.74. The van der Waals surface area contributed by atoms with Gasteiger partial charge in [0.05, 0.1) is 6.10 Å². The number of hydrogen-bond donors (Lipinski definition) is 1. The zero-order chi connectivity index (χ0) is 14.8. The highest BCUT2D eigenvalue weighted by molar-refractivity contribution is 5.91. The molecule has 116 valence electrons. The number of fused-ring (bicyclic) bond motifs is 5. The number of carbonyl (C=O) groups excluding carboxylic acids is 1. The molecule has 21 heavy (non-hydrogen) atoms. The second kappa shape index (κ2) is 4.68. The van der Waals surface area contributed by atoms with E-state index < -0.39 is 0 Å². The summed E-state index contributed by atoms with van der Waals surface area (Å²) in [6.07, 6.45) is 9.71. The molecule has 2 heteroatoms. The summed E-state index contributed by atoms with van der Waals surface area (Å²) in [4.78, 5) is 11.9. The Kier molecular flexibility index (Phi) is 3.12. The lowest BCUT2D eigenvalue weighted by Gasteiger charge is -2.54. The Labute approximate surface area is 128 Å². The Morgan fingerprint density at radius 1 is 1.19 bits per heavy atom. The molecule has 0 aromatic rings. The van der Waals surface area contributed by atoms with Crippen molar-refractivity contribution in [1.82, 2.24) is 0 Å². The fourth-order valence-corrected chi connectivity index (χ4v) is 6.59. The lowest BCUT2D eigenvalue weighted by molar-refractivity contribution is -0.117. The van der Waals surface area contributed by atoms with Gasteiger partial charge in [-0.3, -0.25) is 4.79 Å². The van der Waals surface area contributed by atoms with Gasteiger partial charge in [-0.15, -0.1) is 0 Å². The van der Waals surface area contributed by atoms with Crippen molar-refractivity contribution in [3.8, 4) is 0 Å². The highest BCUT2D eigenvalue weighted by Gasteiger charge is 2.56. The highest BCUT2D eigenvalue weighted by atomic mass is 16.3. The molecule has 0 aromatic heterocycles. The molecule has 0 heterocycles. The van der Waals surface area contributed by atoms with E-state index in [1.807, 2.05) is 6.08 Å². The van der Waals surface area contributed by atoms with Gasteiger partial charge in [-0.2, -0.15) is 0 Å². The predicted molar refractivity (Wildman–Crippen MR) is 82.6 cm³/mol. The standard InChI is InChI=1S/C19H28O2/c1-11-9-13(20)10-12-3-4-14-15(18(11)12)7-8-19(2)16(14)5-6-17(19)21/h10-11,14-18,21H,3-9H2,1-2H3/t11?,14-,15+,16+,17+,18+,19+/m1/s1. The van der Waals surface area contributed by atoms with Crippen LogP contribution in [0.1, 0.15) is 58.8 Å². The van der Waals surface area contributed by atoms with E-state index in [-0.39, 0.29) is 11.5 Å². The summed E-state index contributed by atoms with van der Waals surface area (Å²) in [6.45, 7) is 4.62. The number of allylic oxidation sites excluding steroid dienone is 1. The first-order valence-corrected chi connectivity index (χ1v) is 8.92. The summed E-state index contributed by atoms with van der Waals surface area (Å²) in [5, 5.41) is 10.4. The largest absolute Gasteiger partial charge is 0.393 e. The smallest absolute Gasteiger partial charge is 0.155 e. The molecular weight excluding hydrogens is 260 g/mol. The Morgan fingerprint density at radius 3 is 2.81 bits per heavy atom. The number of hydrogen-bond acceptors (Lipinski definition) is 2. The van der Waals surface area contributed by atoms with Crippen molar-refractivity contribution >= 4 is 5.78 Å². The summed E-state index contributed by atoms with van der Waals surface area (Å²) in [7, 11) is 0. The lowest BCUT2D eigenvalue weighted by atomic mass is 9.51. The molecule has 3 saturated carbocycles. The first-order valence-electron chi connectivity index (χ1n) is 8.92. The molecule has 0 spiro atoms. The monoisotopic (exact) mass is 288 g/mol. The van der Waals surface area contributed by atoms with Crippen molar-refractivity contribution in [2.45, 2.75) is 64.9 Å². The maximum absolute atomic E-state index is 11.9. The molecule has 2 nitrogen and oxygen atoms in total. The minimum atomic E-state index is -0.0780. The van der Waals surface area contributed by atoms with Crippen LogP contribution in [0, 0.1) is 35.0 Å². The minimum Gasteiger partial charge on any atom is -0.393 e. The summed E-state index contributed by atoms with van der Waals surface area (Å²) in [6, 6.07) is 0. The molecule has 1 N–H and O–H groups in total. The molecule has 7 atom stereocenters. The second-order valence-corrected chi connectivity index (χ2v) is 8.50. The fraction of sp³-hybridized carbons (Fsp3) is 0.842. The maximum Gasteiger partial charge on any atom is 0.155 e. The topological polar surface area (TPSA) is 37.3 Å². The Balaban J connectivity index is 1.66. The van der Waals surface area contributed by atoms with Gasteiger partial charge >= 0.3 is 0 Å². The van der Waals surface area contributed by atoms with Gasteiger partial charge in [-0.05, 0) is 79.6 Å². The van der Waals surface area contributed by atoms with Crippen molar-refractivity contribution < 1.29 is 9.90 Å². The fourth-order valence-electron chi connectivity index (χ4n) is 6.59. The van der Waals surface area contributed by atoms with Crippen LogP contribution in [-0.2, 0) is 4.79 Å². The van der Waals surface area contributed by atoms with Gasteiger partial charge in [-0.25, -0.2) is 0 Å². The third-order valence-electron chi connectivity index (χ3n) is 7.58. The Hall–Kier alpha value is -0.630. The van der Waals surface area contributed by atoms with Crippen molar-refractivity contribution in [2.24, 2.45) is 35.0 Å². The van der Waals surface area contributed by atoms with E-state index in [0.717, 1.165) is 37.0 Å². The highest BCUT2D eigenvalue weighted by Crippen LogP contribution is 2.62. The van der Waals surface area contributed by atoms with Crippen molar-refractivity contribution in [3.05, 3.63) is 11.6 Å². The number of carbonyl (C=O) groups is 1. The molecule has 0 aromatic carbocycles. The van der Waals surface area contributed by atoms with Crippen LogP contribution in [0.2, 0.25) is 0 Å². The van der Waals surface area contributed by atoms with E-state index in [4.69, 9.17) is 0 Å². The summed E-state index contributed by atoms with van der Waals surface area (Å²) < 4.78 is 0. The number of rotatable bonds is 0. The van der Waals surface area contributed by atoms with Crippen LogP contribution in [0.25, 0.3) is 0 Å². The summed E-state index contributed by atoms with van der Waals surface area (Å²) in [5.74, 6) is 3.82. The quantitative estimate of drug-likeness (QED) is 0.737. The zero-order valence-electron chi connectivity index (χ0n) is 13.3. The van der Waals surface area contributed by atoms with Gasteiger partial charge in [0.2, 0.25) is 0 Å². The number of aliphatic hydroxyl groups excluding tert-OH is 1. The SMILES string of the molecule is CC1CC(=O)C=C2CC[C@@H]3[C@H](CC[C@]4(C)[C@@H](O)CC[C@@H]34)[C@H]21. The zero-order valence-corrected chi connectivity index (χ0v) is 13.3. The Bertz CT molecular complexity index is 494. The van der Waals surface area contributed by atoms with Crippen LogP contribution in [0.15, 0.2) is 11.6 Å². The molecule has 0 bridgehead atoms. The average molecular weight is 288 g/mol. The van der Waals surface area contributed by atoms with Gasteiger partial charge in [0.25, 0.3) is 0 Å². The van der Waals surface area contributed by atoms with Crippen LogP contribution in [0.3, 0.4) is 0 Å². The molecule has 4 aliphatic rings. The van der Waals surface area contributed by atoms with Crippen molar-refractivity contribution in [1.29, 1.82) is 0 Å². The molecule has 0 saturated heterocycles. The molecular formula is C19H28O2. The lowest BCUT2D eigenvalue weighted by Crippen LogP contribution is -2.48. The van der Waals surface area contributed by atoms with Crippen molar-refractivity contribution in [2.75, 3.05) is 0 Å². The number of aliphatic hydroxyl groups is 1. The van der Waals surface area contributed by atoms with Crippen LogP contribution in [0.4, 0.5) is 0 Å². The third kappa shape index (κ3) is 1.91. The van der Waals surface area contributed by atoms with E-state index in [0.29, 0.717) is 17.6 Å². The van der Waals surface area contributed by atoms with Crippen LogP contribution < -0.4 is 0 Å². The van der Waals surface area contributed by atoms with Crippen molar-refractivity contribution in [3.63, 3.8) is 0 Å². The molecule has 4 aliphatic carbocycles. The first-order chi connectivity index (χ1) is 10.0. The molecule has 3 fully saturated rings. The molecule has 4 rings (SSSR count). The Morgan fingerprint density at radius 2 is 2.00 bits per heavy atom. The van der Waals surface area contributed by atoms with Gasteiger partial charge in [-0.1, -0.05) is 19.4 Å².